The molecule has 1 heterocycles. The lowest BCUT2D eigenvalue weighted by Gasteiger charge is -1.94. The van der Waals surface area contributed by atoms with Crippen molar-refractivity contribution >= 4 is 12.1 Å². The van der Waals surface area contributed by atoms with Gasteiger partial charge >= 0.3 is 0 Å². The van der Waals surface area contributed by atoms with Crippen molar-refractivity contribution in [2.24, 2.45) is 4.99 Å². The number of nitrogens with zero attached hydrogens (tertiary/aromatic N) is 1. The Labute approximate surface area is 53.3 Å². The third kappa shape index (κ3) is 1.90. The fourth-order valence-corrected chi connectivity index (χ4v) is 0.457. The molecule has 2 N–H and O–H groups in total. The SMILES string of the molecule is N=C1\C=C/C=N\C=C/N1. The van der Waals surface area contributed by atoms with E-state index < -0.39 is 0 Å². The van der Waals surface area contributed by atoms with Gasteiger partial charge in [0.15, 0.2) is 0 Å². The number of aliphatic imine (C=N–C) groups is 1. The van der Waals surface area contributed by atoms with Crippen molar-refractivity contribution in [3.05, 3.63) is 24.6 Å². The molecule has 0 spiro atoms. The highest BCUT2D eigenvalue weighted by Crippen LogP contribution is 1.79. The fourth-order valence-electron chi connectivity index (χ4n) is 0.457. The second-order valence-electron chi connectivity index (χ2n) is 1.53. The third-order valence-electron chi connectivity index (χ3n) is 0.834. The van der Waals surface area contributed by atoms with E-state index in [0.717, 1.165) is 0 Å². The summed E-state index contributed by atoms with van der Waals surface area (Å²) in [7, 11) is 0. The van der Waals surface area contributed by atoms with Gasteiger partial charge < -0.3 is 5.32 Å². The van der Waals surface area contributed by atoms with Gasteiger partial charge in [0, 0.05) is 18.6 Å². The van der Waals surface area contributed by atoms with Crippen molar-refractivity contribution in [1.29, 1.82) is 5.41 Å². The van der Waals surface area contributed by atoms with Crippen LogP contribution in [0.25, 0.3) is 0 Å². The molecule has 0 atom stereocenters. The van der Waals surface area contributed by atoms with Crippen molar-refractivity contribution < 1.29 is 0 Å². The zero-order valence-corrected chi connectivity index (χ0v) is 4.83. The Balaban J connectivity index is 2.70. The van der Waals surface area contributed by atoms with Gasteiger partial charge in [0.1, 0.15) is 5.84 Å². The van der Waals surface area contributed by atoms with Crippen molar-refractivity contribution in [2.45, 2.75) is 0 Å². The molecule has 46 valence electrons. The van der Waals surface area contributed by atoms with Gasteiger partial charge in [0.25, 0.3) is 0 Å². The standard InChI is InChI=1S/C6H7N3/c7-6-2-1-3-8-4-5-9-6/h1-5H,(H2,7,9). The highest BCUT2D eigenvalue weighted by Gasteiger charge is 1.82. The van der Waals surface area contributed by atoms with Crippen LogP contribution in [0.2, 0.25) is 0 Å². The lowest BCUT2D eigenvalue weighted by molar-refractivity contribution is 1.22. The summed E-state index contributed by atoms with van der Waals surface area (Å²) in [6.45, 7) is 0. The maximum Gasteiger partial charge on any atom is 0.122 e. The largest absolute Gasteiger partial charge is 0.346 e. The first kappa shape index (κ1) is 5.75. The first-order valence-electron chi connectivity index (χ1n) is 2.59. The quantitative estimate of drug-likeness (QED) is 0.486. The van der Waals surface area contributed by atoms with Crippen molar-refractivity contribution in [3.8, 4) is 0 Å². The number of hydrogen-bond donors (Lipinski definition) is 2. The molecule has 0 aliphatic carbocycles. The van der Waals surface area contributed by atoms with Gasteiger partial charge in [-0.25, -0.2) is 0 Å². The molecule has 0 unspecified atom stereocenters. The first-order chi connectivity index (χ1) is 4.39. The van der Waals surface area contributed by atoms with Crippen LogP contribution in [-0.4, -0.2) is 12.1 Å². The van der Waals surface area contributed by atoms with Crippen LogP contribution < -0.4 is 5.32 Å². The molecular formula is C6H7N3. The molecular weight excluding hydrogens is 114 g/mol. The second kappa shape index (κ2) is 2.81. The molecule has 3 heteroatoms. The number of nitrogens with one attached hydrogen (secondary N) is 2. The Bertz CT molecular complexity index is 188. The zero-order chi connectivity index (χ0) is 6.53. The third-order valence-corrected chi connectivity index (χ3v) is 0.834. The lowest BCUT2D eigenvalue weighted by atomic mass is 10.4. The summed E-state index contributed by atoms with van der Waals surface area (Å²) in [6.07, 6.45) is 8.18. The second-order valence-corrected chi connectivity index (χ2v) is 1.53. The molecule has 1 aliphatic heterocycles. The van der Waals surface area contributed by atoms with Crippen LogP contribution in [0.15, 0.2) is 29.5 Å². The molecule has 0 aromatic heterocycles. The lowest BCUT2D eigenvalue weighted by Crippen LogP contribution is -2.12. The van der Waals surface area contributed by atoms with E-state index in [1.165, 1.54) is 0 Å². The maximum atomic E-state index is 7.12. The fraction of sp³-hybridized carbons (Fsp3) is 0. The van der Waals surface area contributed by atoms with Crippen LogP contribution in [-0.2, 0) is 0 Å². The molecule has 0 radical (unpaired) electrons. The Morgan fingerprint density at radius 1 is 1.56 bits per heavy atom. The topological polar surface area (TPSA) is 48.2 Å². The van der Waals surface area contributed by atoms with Gasteiger partial charge in [-0.05, 0) is 12.2 Å². The smallest absolute Gasteiger partial charge is 0.122 e. The summed E-state index contributed by atoms with van der Waals surface area (Å²) < 4.78 is 0. The van der Waals surface area contributed by atoms with Gasteiger partial charge in [-0.1, -0.05) is 0 Å². The van der Waals surface area contributed by atoms with E-state index >= 15 is 0 Å². The van der Waals surface area contributed by atoms with Crippen LogP contribution in [0, 0.1) is 5.41 Å². The van der Waals surface area contributed by atoms with Crippen LogP contribution in [0.4, 0.5) is 0 Å². The molecule has 0 bridgehead atoms. The Morgan fingerprint density at radius 2 is 2.44 bits per heavy atom. The molecule has 0 saturated carbocycles. The zero-order valence-electron chi connectivity index (χ0n) is 4.83. The minimum absolute atomic E-state index is 0.373. The Morgan fingerprint density at radius 3 is 3.33 bits per heavy atom. The molecule has 0 amide bonds. The average molecular weight is 121 g/mol. The molecule has 3 nitrogen and oxygen atoms in total. The molecule has 0 aromatic rings. The van der Waals surface area contributed by atoms with E-state index in [2.05, 4.69) is 10.3 Å². The normalized spacial score (nSPS) is 27.3. The van der Waals surface area contributed by atoms with Crippen molar-refractivity contribution in [3.63, 3.8) is 0 Å². The Hall–Kier alpha value is -1.38. The number of rotatable bonds is 0. The van der Waals surface area contributed by atoms with Gasteiger partial charge in [0.05, 0.1) is 0 Å². The van der Waals surface area contributed by atoms with E-state index in [-0.39, 0.29) is 0 Å². The van der Waals surface area contributed by atoms with Gasteiger partial charge in [-0.3, -0.25) is 10.4 Å². The van der Waals surface area contributed by atoms with E-state index in [0.29, 0.717) is 5.84 Å². The number of allylic oxidation sites excluding steroid dienone is 1. The summed E-state index contributed by atoms with van der Waals surface area (Å²) in [5, 5.41) is 9.80. The summed E-state index contributed by atoms with van der Waals surface area (Å²) in [5.74, 6) is 0.373. The summed E-state index contributed by atoms with van der Waals surface area (Å²) in [5.41, 5.74) is 0. The first-order valence-corrected chi connectivity index (χ1v) is 2.59. The van der Waals surface area contributed by atoms with Crippen molar-refractivity contribution in [1.82, 2.24) is 5.32 Å². The molecule has 9 heavy (non-hydrogen) atoms. The molecule has 1 aliphatic rings. The highest BCUT2D eigenvalue weighted by molar-refractivity contribution is 5.94. The van der Waals surface area contributed by atoms with Crippen LogP contribution >= 0.6 is 0 Å². The summed E-state index contributed by atoms with van der Waals surface area (Å²) >= 11 is 0. The molecule has 0 fully saturated rings. The molecule has 0 saturated heterocycles. The van der Waals surface area contributed by atoms with E-state index in [1.807, 2.05) is 0 Å². The van der Waals surface area contributed by atoms with Crippen molar-refractivity contribution in [2.75, 3.05) is 0 Å². The minimum atomic E-state index is 0.373. The van der Waals surface area contributed by atoms with Gasteiger partial charge in [-0.15, -0.1) is 0 Å². The minimum Gasteiger partial charge on any atom is -0.346 e. The predicted molar refractivity (Wildman–Crippen MR) is 37.6 cm³/mol. The van der Waals surface area contributed by atoms with Gasteiger partial charge in [0.2, 0.25) is 0 Å². The summed E-state index contributed by atoms with van der Waals surface area (Å²) in [4.78, 5) is 3.81. The molecule has 1 rings (SSSR count). The Kier molecular flexibility index (Phi) is 1.80. The number of hydrogen-bond acceptors (Lipinski definition) is 2. The monoisotopic (exact) mass is 121 g/mol. The highest BCUT2D eigenvalue weighted by atomic mass is 14.9. The van der Waals surface area contributed by atoms with E-state index in [4.69, 9.17) is 5.41 Å². The summed E-state index contributed by atoms with van der Waals surface area (Å²) in [6, 6.07) is 0. The maximum absolute atomic E-state index is 7.12. The van der Waals surface area contributed by atoms with Crippen LogP contribution in [0.3, 0.4) is 0 Å². The van der Waals surface area contributed by atoms with E-state index in [1.54, 1.807) is 30.8 Å². The van der Waals surface area contributed by atoms with Gasteiger partial charge in [-0.2, -0.15) is 0 Å². The number of amidine groups is 1. The van der Waals surface area contributed by atoms with Crippen LogP contribution in [0.1, 0.15) is 0 Å². The average Bonchev–Trinajstić information content (AvgIpc) is 1.79. The molecule has 0 aromatic carbocycles. The van der Waals surface area contributed by atoms with Crippen LogP contribution in [0.5, 0.6) is 0 Å². The predicted octanol–water partition coefficient (Wildman–Crippen LogP) is 0.665. The van der Waals surface area contributed by atoms with E-state index in [9.17, 15) is 0 Å².